The summed E-state index contributed by atoms with van der Waals surface area (Å²) in [7, 11) is 1.88. The first-order valence-electron chi connectivity index (χ1n) is 10.1. The first-order valence-corrected chi connectivity index (χ1v) is 10.9. The molecule has 0 aliphatic heterocycles. The fourth-order valence-corrected chi connectivity index (χ4v) is 4.05. The molecule has 164 valence electrons. The molecule has 1 amide bonds. The lowest BCUT2D eigenvalue weighted by Gasteiger charge is -2.20. The number of rotatable bonds is 7. The number of benzene rings is 2. The van der Waals surface area contributed by atoms with Gasteiger partial charge in [0.1, 0.15) is 17.3 Å². The van der Waals surface area contributed by atoms with E-state index in [1.807, 2.05) is 70.5 Å². The van der Waals surface area contributed by atoms with E-state index in [0.29, 0.717) is 28.6 Å². The van der Waals surface area contributed by atoms with E-state index in [2.05, 4.69) is 15.5 Å². The molecule has 0 radical (unpaired) electrons. The molecule has 0 aliphatic rings. The van der Waals surface area contributed by atoms with Gasteiger partial charge in [-0.3, -0.25) is 4.79 Å². The number of nitrogens with one attached hydrogen (secondary N) is 1. The van der Waals surface area contributed by atoms with Crippen LogP contribution in [0.3, 0.4) is 0 Å². The van der Waals surface area contributed by atoms with Gasteiger partial charge in [0.05, 0.1) is 5.69 Å². The van der Waals surface area contributed by atoms with Crippen molar-refractivity contribution >= 4 is 23.4 Å². The van der Waals surface area contributed by atoms with Crippen LogP contribution in [0.4, 0.5) is 5.69 Å². The smallest absolute Gasteiger partial charge is 0.265 e. The van der Waals surface area contributed by atoms with E-state index in [0.717, 1.165) is 21.8 Å². The molecule has 0 saturated carbocycles. The lowest BCUT2D eigenvalue weighted by molar-refractivity contribution is -0.122. The highest BCUT2D eigenvalue weighted by Crippen LogP contribution is 2.37. The van der Waals surface area contributed by atoms with Gasteiger partial charge in [0.15, 0.2) is 11.3 Å². The molecule has 1 aromatic heterocycles. The summed E-state index contributed by atoms with van der Waals surface area (Å²) < 4.78 is 7.88. The summed E-state index contributed by atoms with van der Waals surface area (Å²) in [6.07, 6.45) is -0.165. The number of carbonyl (C=O) groups is 1. The van der Waals surface area contributed by atoms with Crippen molar-refractivity contribution in [1.82, 2.24) is 14.8 Å². The average molecular weight is 441 g/mol. The molecular formula is C23H28N4O3S. The van der Waals surface area contributed by atoms with Crippen LogP contribution >= 0.6 is 11.8 Å². The normalized spacial score (nSPS) is 11.9. The topological polar surface area (TPSA) is 89.3 Å². The summed E-state index contributed by atoms with van der Waals surface area (Å²) in [5.74, 6) is 1.30. The summed E-state index contributed by atoms with van der Waals surface area (Å²) in [6, 6.07) is 9.25. The Hall–Kier alpha value is -3.00. The van der Waals surface area contributed by atoms with Crippen molar-refractivity contribution in [2.45, 2.75) is 57.2 Å². The first kappa shape index (κ1) is 22.7. The zero-order valence-electron chi connectivity index (χ0n) is 18.7. The van der Waals surface area contributed by atoms with E-state index < -0.39 is 6.10 Å². The van der Waals surface area contributed by atoms with Crippen molar-refractivity contribution in [3.63, 3.8) is 0 Å². The molecule has 3 aromatic rings. The Morgan fingerprint density at radius 3 is 2.52 bits per heavy atom. The van der Waals surface area contributed by atoms with Crippen molar-refractivity contribution in [1.29, 1.82) is 0 Å². The Bertz CT molecular complexity index is 1110. The number of anilines is 1. The number of aromatic nitrogens is 3. The zero-order chi connectivity index (χ0) is 22.7. The molecule has 2 N–H and O–H groups in total. The monoisotopic (exact) mass is 440 g/mol. The standard InChI is InChI=1S/C23H28N4O3S/c1-7-19(30-20-9-8-13(2)10-15(20)4)22(29)24-17-12-18(28)14(3)11-21(17)31-23-26-25-16(5)27(23)6/h8-12,19,28H,7H2,1-6H3,(H,24,29). The molecule has 1 unspecified atom stereocenters. The van der Waals surface area contributed by atoms with Crippen molar-refractivity contribution in [3.8, 4) is 11.5 Å². The van der Waals surface area contributed by atoms with Gasteiger partial charge in [0, 0.05) is 18.0 Å². The summed E-state index contributed by atoms with van der Waals surface area (Å²) >= 11 is 1.38. The first-order chi connectivity index (χ1) is 14.7. The Kier molecular flexibility index (Phi) is 6.90. The number of nitrogens with zero attached hydrogens (tertiary/aromatic N) is 3. The second kappa shape index (κ2) is 9.43. The van der Waals surface area contributed by atoms with Gasteiger partial charge in [0.25, 0.3) is 5.91 Å². The van der Waals surface area contributed by atoms with Gasteiger partial charge in [-0.1, -0.05) is 24.6 Å². The SMILES string of the molecule is CCC(Oc1ccc(C)cc1C)C(=O)Nc1cc(O)c(C)cc1Sc1nnc(C)n1C. The van der Waals surface area contributed by atoms with Crippen LogP contribution < -0.4 is 10.1 Å². The molecule has 0 bridgehead atoms. The Balaban J connectivity index is 1.85. The van der Waals surface area contributed by atoms with E-state index in [9.17, 15) is 9.90 Å². The van der Waals surface area contributed by atoms with Crippen LogP contribution in [-0.4, -0.2) is 31.9 Å². The maximum absolute atomic E-state index is 13.0. The molecule has 0 spiro atoms. The Morgan fingerprint density at radius 2 is 1.90 bits per heavy atom. The number of ether oxygens (including phenoxy) is 1. The number of carbonyl (C=O) groups excluding carboxylic acids is 1. The zero-order valence-corrected chi connectivity index (χ0v) is 19.5. The van der Waals surface area contributed by atoms with E-state index in [1.165, 1.54) is 11.8 Å². The lowest BCUT2D eigenvalue weighted by atomic mass is 10.1. The number of aryl methyl sites for hydroxylation is 4. The minimum Gasteiger partial charge on any atom is -0.508 e. The van der Waals surface area contributed by atoms with Gasteiger partial charge in [0.2, 0.25) is 0 Å². The quantitative estimate of drug-likeness (QED) is 0.553. The maximum Gasteiger partial charge on any atom is 0.265 e. The average Bonchev–Trinajstić information content (AvgIpc) is 3.03. The molecule has 0 aliphatic carbocycles. The maximum atomic E-state index is 13.0. The van der Waals surface area contributed by atoms with Crippen molar-refractivity contribution in [3.05, 3.63) is 52.8 Å². The highest BCUT2D eigenvalue weighted by Gasteiger charge is 2.22. The molecular weight excluding hydrogens is 412 g/mol. The highest BCUT2D eigenvalue weighted by molar-refractivity contribution is 7.99. The number of aromatic hydroxyl groups is 1. The molecule has 1 atom stereocenters. The van der Waals surface area contributed by atoms with Crippen LogP contribution in [0.15, 0.2) is 40.4 Å². The summed E-state index contributed by atoms with van der Waals surface area (Å²) in [5.41, 5.74) is 3.32. The van der Waals surface area contributed by atoms with Gasteiger partial charge >= 0.3 is 0 Å². The number of phenols is 1. The number of phenolic OH excluding ortho intramolecular Hbond substituents is 1. The van der Waals surface area contributed by atoms with E-state index in [4.69, 9.17) is 4.74 Å². The number of amides is 1. The second-order valence-corrected chi connectivity index (χ2v) is 8.61. The predicted molar refractivity (Wildman–Crippen MR) is 122 cm³/mol. The van der Waals surface area contributed by atoms with E-state index >= 15 is 0 Å². The fourth-order valence-electron chi connectivity index (χ4n) is 3.05. The molecule has 2 aromatic carbocycles. The van der Waals surface area contributed by atoms with Crippen molar-refractivity contribution < 1.29 is 14.6 Å². The van der Waals surface area contributed by atoms with Crippen LogP contribution in [-0.2, 0) is 11.8 Å². The van der Waals surface area contributed by atoms with E-state index in [1.54, 1.807) is 6.07 Å². The minimum atomic E-state index is -0.667. The van der Waals surface area contributed by atoms with Gasteiger partial charge in [-0.15, -0.1) is 10.2 Å². The van der Waals surface area contributed by atoms with Crippen LogP contribution in [0.5, 0.6) is 11.5 Å². The van der Waals surface area contributed by atoms with Crippen LogP contribution in [0.2, 0.25) is 0 Å². The third-order valence-corrected chi connectivity index (χ3v) is 6.17. The van der Waals surface area contributed by atoms with E-state index in [-0.39, 0.29) is 11.7 Å². The molecule has 1 heterocycles. The lowest BCUT2D eigenvalue weighted by Crippen LogP contribution is -2.32. The minimum absolute atomic E-state index is 0.108. The molecule has 0 saturated heterocycles. The van der Waals surface area contributed by atoms with Crippen LogP contribution in [0.1, 0.15) is 35.9 Å². The molecule has 3 rings (SSSR count). The Morgan fingerprint density at radius 1 is 1.16 bits per heavy atom. The number of hydrogen-bond donors (Lipinski definition) is 2. The van der Waals surface area contributed by atoms with Gasteiger partial charge in [-0.2, -0.15) is 0 Å². The molecule has 0 fully saturated rings. The summed E-state index contributed by atoms with van der Waals surface area (Å²) in [5, 5.41) is 22.1. The fraction of sp³-hybridized carbons (Fsp3) is 0.348. The van der Waals surface area contributed by atoms with Gasteiger partial charge in [-0.05, 0) is 69.1 Å². The summed E-state index contributed by atoms with van der Waals surface area (Å²) in [6.45, 7) is 9.56. The van der Waals surface area contributed by atoms with Gasteiger partial charge in [-0.25, -0.2) is 0 Å². The predicted octanol–water partition coefficient (Wildman–Crippen LogP) is 4.70. The highest BCUT2D eigenvalue weighted by atomic mass is 32.2. The molecule has 8 heteroatoms. The number of hydrogen-bond acceptors (Lipinski definition) is 6. The van der Waals surface area contributed by atoms with Gasteiger partial charge < -0.3 is 19.7 Å². The third-order valence-electron chi connectivity index (χ3n) is 5.07. The van der Waals surface area contributed by atoms with Crippen LogP contribution in [0, 0.1) is 27.7 Å². The Labute approximate surface area is 186 Å². The summed E-state index contributed by atoms with van der Waals surface area (Å²) in [4.78, 5) is 13.8. The third kappa shape index (κ3) is 5.19. The van der Waals surface area contributed by atoms with Crippen LogP contribution in [0.25, 0.3) is 0 Å². The molecule has 31 heavy (non-hydrogen) atoms. The van der Waals surface area contributed by atoms with Crippen molar-refractivity contribution in [2.24, 2.45) is 7.05 Å². The van der Waals surface area contributed by atoms with Crippen molar-refractivity contribution in [2.75, 3.05) is 5.32 Å². The molecule has 7 nitrogen and oxygen atoms in total. The second-order valence-electron chi connectivity index (χ2n) is 7.60. The largest absolute Gasteiger partial charge is 0.508 e.